The number of para-hydroxylation sites is 2. The summed E-state index contributed by atoms with van der Waals surface area (Å²) in [6, 6.07) is 7.66. The lowest BCUT2D eigenvalue weighted by molar-refractivity contribution is -0.123. The Hall–Kier alpha value is -1.75. The van der Waals surface area contributed by atoms with Crippen molar-refractivity contribution in [2.75, 3.05) is 32.8 Å². The van der Waals surface area contributed by atoms with E-state index in [1.54, 1.807) is 0 Å². The zero-order chi connectivity index (χ0) is 17.1. The predicted octanol–water partition coefficient (Wildman–Crippen LogP) is 2.45. The molecule has 1 amide bonds. The fourth-order valence-electron chi connectivity index (χ4n) is 4.47. The predicted molar refractivity (Wildman–Crippen MR) is 95.9 cm³/mol. The zero-order valence-electron chi connectivity index (χ0n) is 14.8. The maximum atomic E-state index is 12.3. The number of likely N-dealkylation sites (tertiary alicyclic amines) is 1. The summed E-state index contributed by atoms with van der Waals surface area (Å²) in [6.07, 6.45) is 6.63. The number of amides is 1. The lowest BCUT2D eigenvalue weighted by Gasteiger charge is -2.41. The number of benzene rings is 1. The van der Waals surface area contributed by atoms with Gasteiger partial charge in [0.15, 0.2) is 11.5 Å². The van der Waals surface area contributed by atoms with Crippen LogP contribution in [-0.2, 0) is 4.79 Å². The van der Waals surface area contributed by atoms with E-state index in [9.17, 15) is 4.79 Å². The molecular weight excluding hydrogens is 316 g/mol. The molecule has 0 spiro atoms. The lowest BCUT2D eigenvalue weighted by atomic mass is 9.75. The Morgan fingerprint density at radius 2 is 1.92 bits per heavy atom. The van der Waals surface area contributed by atoms with Gasteiger partial charge in [0.05, 0.1) is 13.1 Å². The van der Waals surface area contributed by atoms with E-state index in [1.165, 1.54) is 32.1 Å². The number of carbonyl (C=O) groups excluding carboxylic acids is 1. The number of hydrogen-bond acceptors (Lipinski definition) is 4. The van der Waals surface area contributed by atoms with Crippen LogP contribution < -0.4 is 14.8 Å². The molecule has 2 heterocycles. The first kappa shape index (κ1) is 16.7. The van der Waals surface area contributed by atoms with E-state index in [2.05, 4.69) is 10.2 Å². The third kappa shape index (κ3) is 4.09. The smallest absolute Gasteiger partial charge is 0.234 e. The van der Waals surface area contributed by atoms with Gasteiger partial charge in [-0.2, -0.15) is 0 Å². The van der Waals surface area contributed by atoms with Gasteiger partial charge in [-0.05, 0) is 43.4 Å². The van der Waals surface area contributed by atoms with Crippen LogP contribution in [0.5, 0.6) is 11.5 Å². The largest absolute Gasteiger partial charge is 0.486 e. The molecule has 0 radical (unpaired) electrons. The van der Waals surface area contributed by atoms with Crippen LogP contribution in [-0.4, -0.2) is 49.7 Å². The van der Waals surface area contributed by atoms with Crippen LogP contribution >= 0.6 is 0 Å². The average molecular weight is 344 g/mol. The van der Waals surface area contributed by atoms with Crippen molar-refractivity contribution in [2.45, 2.75) is 38.2 Å². The minimum Gasteiger partial charge on any atom is -0.486 e. The number of nitrogens with zero attached hydrogens (tertiary/aromatic N) is 1. The maximum absolute atomic E-state index is 12.3. The Balaban J connectivity index is 1.21. The second kappa shape index (κ2) is 7.65. The molecule has 136 valence electrons. The summed E-state index contributed by atoms with van der Waals surface area (Å²) in [6.45, 7) is 3.63. The van der Waals surface area contributed by atoms with Gasteiger partial charge in [-0.25, -0.2) is 0 Å². The molecule has 1 saturated carbocycles. The van der Waals surface area contributed by atoms with Crippen molar-refractivity contribution >= 4 is 5.91 Å². The van der Waals surface area contributed by atoms with Crippen molar-refractivity contribution in [1.29, 1.82) is 0 Å². The van der Waals surface area contributed by atoms with Gasteiger partial charge < -0.3 is 14.8 Å². The second-order valence-electron chi connectivity index (χ2n) is 7.63. The molecule has 25 heavy (non-hydrogen) atoms. The summed E-state index contributed by atoms with van der Waals surface area (Å²) < 4.78 is 11.6. The number of fused-ring (bicyclic) bond motifs is 2. The van der Waals surface area contributed by atoms with Crippen molar-refractivity contribution in [3.05, 3.63) is 24.3 Å². The number of carbonyl (C=O) groups is 1. The van der Waals surface area contributed by atoms with E-state index in [1.807, 2.05) is 24.3 Å². The number of piperidine rings is 1. The van der Waals surface area contributed by atoms with E-state index in [0.717, 1.165) is 36.4 Å². The summed E-state index contributed by atoms with van der Waals surface area (Å²) in [5.74, 6) is 3.34. The number of rotatable bonds is 4. The van der Waals surface area contributed by atoms with Gasteiger partial charge in [0.1, 0.15) is 12.7 Å². The maximum Gasteiger partial charge on any atom is 0.234 e. The van der Waals surface area contributed by atoms with Gasteiger partial charge >= 0.3 is 0 Å². The van der Waals surface area contributed by atoms with Crippen molar-refractivity contribution in [3.8, 4) is 11.5 Å². The molecule has 3 atom stereocenters. The summed E-state index contributed by atoms with van der Waals surface area (Å²) in [5, 5.41) is 3.02. The van der Waals surface area contributed by atoms with Gasteiger partial charge in [-0.15, -0.1) is 0 Å². The van der Waals surface area contributed by atoms with Crippen LogP contribution in [0, 0.1) is 11.8 Å². The molecule has 5 nitrogen and oxygen atoms in total. The zero-order valence-corrected chi connectivity index (χ0v) is 14.8. The van der Waals surface area contributed by atoms with Crippen LogP contribution in [0.15, 0.2) is 24.3 Å². The number of ether oxygens (including phenoxy) is 2. The van der Waals surface area contributed by atoms with Crippen molar-refractivity contribution in [2.24, 2.45) is 11.8 Å². The standard InChI is InChI=1S/C20H28N2O3/c23-20(13-22-10-9-15-5-1-2-6-16(15)12-22)21-11-17-14-24-18-7-3-4-8-19(18)25-17/h3-4,7-8,15-17H,1-2,5-6,9-14H2,(H,21,23). The van der Waals surface area contributed by atoms with Gasteiger partial charge in [-0.3, -0.25) is 9.69 Å². The Kier molecular flexibility index (Phi) is 5.11. The first-order valence-corrected chi connectivity index (χ1v) is 9.65. The fraction of sp³-hybridized carbons (Fsp3) is 0.650. The third-order valence-electron chi connectivity index (χ3n) is 5.84. The van der Waals surface area contributed by atoms with Gasteiger partial charge in [-0.1, -0.05) is 31.4 Å². The highest BCUT2D eigenvalue weighted by molar-refractivity contribution is 5.78. The molecule has 4 rings (SSSR count). The molecule has 1 saturated heterocycles. The van der Waals surface area contributed by atoms with Crippen LogP contribution in [0.3, 0.4) is 0 Å². The van der Waals surface area contributed by atoms with E-state index in [0.29, 0.717) is 19.7 Å². The molecule has 1 aliphatic carbocycles. The van der Waals surface area contributed by atoms with Crippen LogP contribution in [0.25, 0.3) is 0 Å². The highest BCUT2D eigenvalue weighted by atomic mass is 16.6. The fourth-order valence-corrected chi connectivity index (χ4v) is 4.47. The SMILES string of the molecule is O=C(CN1CCC2CCCCC2C1)NCC1COc2ccccc2O1. The van der Waals surface area contributed by atoms with Crippen LogP contribution in [0.2, 0.25) is 0 Å². The quantitative estimate of drug-likeness (QED) is 0.912. The van der Waals surface area contributed by atoms with Gasteiger partial charge in [0.2, 0.25) is 5.91 Å². The number of hydrogen-bond donors (Lipinski definition) is 1. The molecule has 0 aromatic heterocycles. The molecule has 1 aromatic carbocycles. The van der Waals surface area contributed by atoms with E-state index in [-0.39, 0.29) is 12.0 Å². The average Bonchev–Trinajstić information content (AvgIpc) is 2.66. The van der Waals surface area contributed by atoms with E-state index < -0.39 is 0 Å². The Bertz CT molecular complexity index is 606. The molecular formula is C20H28N2O3. The van der Waals surface area contributed by atoms with Gasteiger partial charge in [0.25, 0.3) is 0 Å². The molecule has 3 aliphatic rings. The van der Waals surface area contributed by atoms with Crippen molar-refractivity contribution in [1.82, 2.24) is 10.2 Å². The Morgan fingerprint density at radius 1 is 1.12 bits per heavy atom. The van der Waals surface area contributed by atoms with Gasteiger partial charge in [0, 0.05) is 6.54 Å². The Labute approximate surface area is 149 Å². The topological polar surface area (TPSA) is 50.8 Å². The highest BCUT2D eigenvalue weighted by Gasteiger charge is 2.31. The monoisotopic (exact) mass is 344 g/mol. The molecule has 3 unspecified atom stereocenters. The highest BCUT2D eigenvalue weighted by Crippen LogP contribution is 2.36. The Morgan fingerprint density at radius 3 is 2.80 bits per heavy atom. The second-order valence-corrected chi connectivity index (χ2v) is 7.63. The first-order valence-electron chi connectivity index (χ1n) is 9.65. The first-order chi connectivity index (χ1) is 12.3. The van der Waals surface area contributed by atoms with Crippen LogP contribution in [0.1, 0.15) is 32.1 Å². The normalized spacial score (nSPS) is 28.9. The molecule has 1 N–H and O–H groups in total. The molecule has 0 bridgehead atoms. The third-order valence-corrected chi connectivity index (χ3v) is 5.84. The molecule has 1 aromatic rings. The van der Waals surface area contributed by atoms with Crippen molar-refractivity contribution < 1.29 is 14.3 Å². The summed E-state index contributed by atoms with van der Waals surface area (Å²) in [4.78, 5) is 14.6. The minimum absolute atomic E-state index is 0.0942. The molecule has 2 aliphatic heterocycles. The lowest BCUT2D eigenvalue weighted by Crippen LogP contribution is -2.48. The minimum atomic E-state index is -0.122. The van der Waals surface area contributed by atoms with E-state index in [4.69, 9.17) is 9.47 Å². The number of nitrogens with one attached hydrogen (secondary N) is 1. The molecule has 2 fully saturated rings. The summed E-state index contributed by atoms with van der Waals surface area (Å²) >= 11 is 0. The molecule has 5 heteroatoms. The summed E-state index contributed by atoms with van der Waals surface area (Å²) in [5.41, 5.74) is 0. The summed E-state index contributed by atoms with van der Waals surface area (Å²) in [7, 11) is 0. The van der Waals surface area contributed by atoms with E-state index >= 15 is 0 Å². The van der Waals surface area contributed by atoms with Crippen molar-refractivity contribution in [3.63, 3.8) is 0 Å². The van der Waals surface area contributed by atoms with Crippen LogP contribution in [0.4, 0.5) is 0 Å².